The summed E-state index contributed by atoms with van der Waals surface area (Å²) in [4.78, 5) is 10.5. The van der Waals surface area contributed by atoms with Crippen molar-refractivity contribution in [3.63, 3.8) is 0 Å². The maximum absolute atomic E-state index is 10.5. The van der Waals surface area contributed by atoms with Crippen LogP contribution in [0.25, 0.3) is 0 Å². The lowest BCUT2D eigenvalue weighted by atomic mass is 10.1. The molecule has 1 saturated heterocycles. The molecule has 0 aliphatic carbocycles. The number of epoxide rings is 1. The molecule has 0 aromatic rings. The van der Waals surface area contributed by atoms with Gasteiger partial charge in [-0.25, -0.2) is 0 Å². The van der Waals surface area contributed by atoms with Crippen LogP contribution in [0.3, 0.4) is 0 Å². The van der Waals surface area contributed by atoms with Gasteiger partial charge in [-0.15, -0.1) is 0 Å². The quantitative estimate of drug-likeness (QED) is 0.545. The van der Waals surface area contributed by atoms with E-state index in [9.17, 15) is 4.79 Å². The van der Waals surface area contributed by atoms with Gasteiger partial charge in [0.05, 0.1) is 6.10 Å². The van der Waals surface area contributed by atoms with Crippen molar-refractivity contribution in [2.24, 2.45) is 0 Å². The fourth-order valence-corrected chi connectivity index (χ4v) is 1.36. The van der Waals surface area contributed by atoms with Crippen LogP contribution in [0.15, 0.2) is 0 Å². The number of alkyl halides is 1. The number of hydrogen-bond donors (Lipinski definition) is 1. The number of hydrogen-bond acceptors (Lipinski definition) is 2. The van der Waals surface area contributed by atoms with E-state index in [1.54, 1.807) is 6.92 Å². The molecule has 3 unspecified atom stereocenters. The minimum absolute atomic E-state index is 0.0699. The minimum atomic E-state index is -0.910. The third-order valence-corrected chi connectivity index (χ3v) is 2.45. The van der Waals surface area contributed by atoms with Crippen LogP contribution in [0.5, 0.6) is 0 Å². The summed E-state index contributed by atoms with van der Waals surface area (Å²) < 4.78 is 4.10. The maximum atomic E-state index is 10.5. The van der Waals surface area contributed by atoms with Gasteiger partial charge in [0.15, 0.2) is 0 Å². The molecule has 0 aromatic heterocycles. The van der Waals surface area contributed by atoms with Crippen LogP contribution in [0, 0.1) is 0 Å². The topological polar surface area (TPSA) is 49.8 Å². The Kier molecular flexibility index (Phi) is 1.76. The van der Waals surface area contributed by atoms with Gasteiger partial charge in [-0.3, -0.25) is 4.79 Å². The van der Waals surface area contributed by atoms with Crippen molar-refractivity contribution in [1.82, 2.24) is 0 Å². The van der Waals surface area contributed by atoms with Gasteiger partial charge < -0.3 is 9.84 Å². The first-order valence-electron chi connectivity index (χ1n) is 3.04. The van der Waals surface area contributed by atoms with E-state index < -0.39 is 10.3 Å². The van der Waals surface area contributed by atoms with E-state index in [0.29, 0.717) is 0 Å². The molecule has 0 amide bonds. The molecular formula is C6H9BrO3. The fraction of sp³-hybridized carbons (Fsp3) is 0.833. The first kappa shape index (κ1) is 8.01. The average Bonchev–Trinajstić information content (AvgIpc) is 2.46. The van der Waals surface area contributed by atoms with E-state index in [2.05, 4.69) is 15.9 Å². The van der Waals surface area contributed by atoms with Crippen molar-refractivity contribution in [3.05, 3.63) is 0 Å². The molecule has 3 atom stereocenters. The van der Waals surface area contributed by atoms with Crippen LogP contribution in [-0.2, 0) is 9.53 Å². The van der Waals surface area contributed by atoms with Gasteiger partial charge in [-0.05, 0) is 13.8 Å². The van der Waals surface area contributed by atoms with Gasteiger partial charge in [0.1, 0.15) is 10.4 Å². The standard InChI is InChI=1S/C6H9BrO3/c1-3-4(10-3)6(2,7)5(8)9/h3-4H,1-2H3,(H,8,9). The lowest BCUT2D eigenvalue weighted by molar-refractivity contribution is -0.139. The van der Waals surface area contributed by atoms with E-state index in [4.69, 9.17) is 9.84 Å². The maximum Gasteiger partial charge on any atom is 0.322 e. The summed E-state index contributed by atoms with van der Waals surface area (Å²) in [6.07, 6.45) is -0.106. The number of carboxylic acid groups (broad SMARTS) is 1. The summed E-state index contributed by atoms with van der Waals surface area (Å²) in [5, 5.41) is 8.64. The summed E-state index contributed by atoms with van der Waals surface area (Å²) in [6, 6.07) is 0. The Labute approximate surface area is 67.5 Å². The van der Waals surface area contributed by atoms with Crippen molar-refractivity contribution < 1.29 is 14.6 Å². The number of halogens is 1. The highest BCUT2D eigenvalue weighted by Crippen LogP contribution is 2.38. The summed E-state index contributed by atoms with van der Waals surface area (Å²) in [5.74, 6) is -0.873. The molecule has 0 aromatic carbocycles. The van der Waals surface area contributed by atoms with Gasteiger partial charge in [-0.1, -0.05) is 15.9 Å². The molecule has 0 radical (unpaired) electrons. The van der Waals surface area contributed by atoms with Crippen molar-refractivity contribution in [2.75, 3.05) is 0 Å². The Morgan fingerprint density at radius 3 is 2.30 bits per heavy atom. The monoisotopic (exact) mass is 208 g/mol. The fourth-order valence-electron chi connectivity index (χ4n) is 0.876. The number of rotatable bonds is 2. The molecule has 1 aliphatic heterocycles. The predicted octanol–water partition coefficient (Wildman–Crippen LogP) is 1.01. The van der Waals surface area contributed by atoms with Crippen molar-refractivity contribution >= 4 is 21.9 Å². The first-order chi connectivity index (χ1) is 4.46. The van der Waals surface area contributed by atoms with Crippen molar-refractivity contribution in [2.45, 2.75) is 30.4 Å². The van der Waals surface area contributed by atoms with Crippen LogP contribution >= 0.6 is 15.9 Å². The highest BCUT2D eigenvalue weighted by atomic mass is 79.9. The molecule has 1 N–H and O–H groups in total. The predicted molar refractivity (Wildman–Crippen MR) is 39.3 cm³/mol. The Morgan fingerprint density at radius 2 is 2.20 bits per heavy atom. The largest absolute Gasteiger partial charge is 0.480 e. The molecule has 0 bridgehead atoms. The zero-order chi connectivity index (χ0) is 7.94. The Bertz CT molecular complexity index is 166. The lowest BCUT2D eigenvalue weighted by Crippen LogP contribution is -2.34. The highest BCUT2D eigenvalue weighted by Gasteiger charge is 2.52. The Balaban J connectivity index is 2.60. The highest BCUT2D eigenvalue weighted by molar-refractivity contribution is 9.10. The van der Waals surface area contributed by atoms with E-state index in [-0.39, 0.29) is 12.2 Å². The third-order valence-electron chi connectivity index (χ3n) is 1.66. The van der Waals surface area contributed by atoms with Crippen molar-refractivity contribution in [3.8, 4) is 0 Å². The molecule has 1 heterocycles. The Morgan fingerprint density at radius 1 is 1.80 bits per heavy atom. The second-order valence-corrected chi connectivity index (χ2v) is 4.29. The molecule has 0 saturated carbocycles. The molecule has 1 rings (SSSR count). The van der Waals surface area contributed by atoms with Crippen molar-refractivity contribution in [1.29, 1.82) is 0 Å². The van der Waals surface area contributed by atoms with Crippen LogP contribution in [0.2, 0.25) is 0 Å². The smallest absolute Gasteiger partial charge is 0.322 e. The molecule has 1 aliphatic rings. The molecule has 4 heteroatoms. The van der Waals surface area contributed by atoms with Gasteiger partial charge in [0.25, 0.3) is 0 Å². The zero-order valence-electron chi connectivity index (χ0n) is 5.80. The normalized spacial score (nSPS) is 36.7. The average molecular weight is 209 g/mol. The third kappa shape index (κ3) is 1.18. The second kappa shape index (κ2) is 2.20. The molecule has 10 heavy (non-hydrogen) atoms. The number of carbonyl (C=O) groups is 1. The van der Waals surface area contributed by atoms with E-state index >= 15 is 0 Å². The lowest BCUT2D eigenvalue weighted by Gasteiger charge is -2.12. The zero-order valence-corrected chi connectivity index (χ0v) is 7.38. The molecule has 58 valence electrons. The van der Waals surface area contributed by atoms with E-state index in [0.717, 1.165) is 0 Å². The van der Waals surface area contributed by atoms with E-state index in [1.807, 2.05) is 6.92 Å². The minimum Gasteiger partial charge on any atom is -0.480 e. The van der Waals surface area contributed by atoms with Gasteiger partial charge in [0.2, 0.25) is 0 Å². The number of aliphatic carboxylic acids is 1. The molecule has 0 spiro atoms. The van der Waals surface area contributed by atoms with E-state index in [1.165, 1.54) is 0 Å². The summed E-state index contributed by atoms with van der Waals surface area (Å²) in [7, 11) is 0. The summed E-state index contributed by atoms with van der Waals surface area (Å²) in [6.45, 7) is 3.45. The van der Waals surface area contributed by atoms with Gasteiger partial charge in [-0.2, -0.15) is 0 Å². The molecule has 1 fully saturated rings. The van der Waals surface area contributed by atoms with Crippen LogP contribution in [0.1, 0.15) is 13.8 Å². The first-order valence-corrected chi connectivity index (χ1v) is 3.83. The van der Waals surface area contributed by atoms with Gasteiger partial charge in [0, 0.05) is 0 Å². The summed E-state index contributed by atoms with van der Waals surface area (Å²) in [5.41, 5.74) is 0. The number of carboxylic acids is 1. The van der Waals surface area contributed by atoms with Crippen LogP contribution in [0.4, 0.5) is 0 Å². The SMILES string of the molecule is CC1OC1C(C)(Br)C(=O)O. The Hall–Kier alpha value is -0.0900. The van der Waals surface area contributed by atoms with Crippen LogP contribution < -0.4 is 0 Å². The number of ether oxygens (including phenoxy) is 1. The van der Waals surface area contributed by atoms with Crippen LogP contribution in [-0.4, -0.2) is 27.6 Å². The molecule has 3 nitrogen and oxygen atoms in total. The molecular weight excluding hydrogens is 200 g/mol. The summed E-state index contributed by atoms with van der Waals surface area (Å²) >= 11 is 3.09. The van der Waals surface area contributed by atoms with Gasteiger partial charge >= 0.3 is 5.97 Å². The second-order valence-electron chi connectivity index (χ2n) is 2.64.